The fourth-order valence-electron chi connectivity index (χ4n) is 0.332. The third kappa shape index (κ3) is 0.997. The Labute approximate surface area is 59.1 Å². The van der Waals surface area contributed by atoms with Crippen LogP contribution in [0.1, 0.15) is 12.4 Å². The number of hydrogen-bond donors (Lipinski definition) is 1. The standard InChI is InChI=1S/C7H9N/c1-6-2-4-7(8)5-3-6/h2-5H,8H2,1H3/i1D,2D,3D,4D,5D/hD2. The van der Waals surface area contributed by atoms with Gasteiger partial charge in [0, 0.05) is 7.06 Å². The molecule has 0 unspecified atom stereocenters. The summed E-state index contributed by atoms with van der Waals surface area (Å²) in [5.41, 5.74) is -0.369. The molecule has 0 radical (unpaired) electrons. The van der Waals surface area contributed by atoms with Crippen LogP contribution in [0, 0.1) is 6.90 Å². The smallest absolute Gasteiger partial charge is 0.156 e. The van der Waals surface area contributed by atoms with Crippen molar-refractivity contribution in [2.75, 3.05) is 5.72 Å². The second-order valence-corrected chi connectivity index (χ2v) is 1.33. The first-order chi connectivity index (χ1) is 6.91. The Morgan fingerprint density at radius 1 is 1.62 bits per heavy atom. The van der Waals surface area contributed by atoms with Crippen LogP contribution in [0.3, 0.4) is 0 Å². The molecule has 0 fully saturated rings. The lowest BCUT2D eigenvalue weighted by Crippen LogP contribution is -1.81. The Bertz CT molecular complexity index is 360. The average Bonchev–Trinajstić information content (AvgIpc) is 2.16. The van der Waals surface area contributed by atoms with Crippen LogP contribution in [0.4, 0.5) is 5.69 Å². The van der Waals surface area contributed by atoms with Gasteiger partial charge < -0.3 is 5.72 Å². The van der Waals surface area contributed by atoms with Crippen LogP contribution >= 0.6 is 0 Å². The summed E-state index contributed by atoms with van der Waals surface area (Å²) < 4.78 is 50.8. The van der Waals surface area contributed by atoms with E-state index in [1.165, 1.54) is 0 Å². The van der Waals surface area contributed by atoms with E-state index in [4.69, 9.17) is 9.68 Å². The lowest BCUT2D eigenvalue weighted by molar-refractivity contribution is 1.47. The summed E-state index contributed by atoms with van der Waals surface area (Å²) in [5, 5.41) is 0. The van der Waals surface area contributed by atoms with Crippen molar-refractivity contribution in [1.82, 2.24) is 0 Å². The molecule has 0 aromatic heterocycles. The molecule has 42 valence electrons. The predicted octanol–water partition coefficient (Wildman–Crippen LogP) is 1.58. The van der Waals surface area contributed by atoms with Crippen molar-refractivity contribution < 1.29 is 9.68 Å². The highest BCUT2D eigenvalue weighted by Gasteiger charge is 1.80. The van der Waals surface area contributed by atoms with E-state index < -0.39 is 17.8 Å². The molecule has 1 rings (SSSR count). The van der Waals surface area contributed by atoms with Crippen molar-refractivity contribution >= 4 is 5.69 Å². The molecule has 0 aliphatic heterocycles. The fraction of sp³-hybridized carbons (Fsp3) is 0.143. The Kier molecular flexibility index (Phi) is 0.302. The van der Waals surface area contributed by atoms with E-state index in [2.05, 4.69) is 0 Å². The fourth-order valence-corrected chi connectivity index (χ4v) is 0.332. The molecule has 1 heteroatoms. The first-order valence-corrected chi connectivity index (χ1v) is 2.08. The molecule has 2 N–H and O–H groups in total. The normalized spacial score (nSPS) is 20.8. The van der Waals surface area contributed by atoms with Crippen LogP contribution in [0.25, 0.3) is 0 Å². The van der Waals surface area contributed by atoms with Crippen LogP contribution in [0.15, 0.2) is 24.2 Å². The van der Waals surface area contributed by atoms with E-state index in [1.807, 2.05) is 0 Å². The zero-order valence-corrected chi connectivity index (χ0v) is 4.15. The zero-order valence-electron chi connectivity index (χ0n) is 11.2. The summed E-state index contributed by atoms with van der Waals surface area (Å²) in [6.45, 7) is -0.355. The van der Waals surface area contributed by atoms with Gasteiger partial charge in [0.2, 0.25) is 0 Å². The van der Waals surface area contributed by atoms with Gasteiger partial charge in [-0.15, -0.1) is 0 Å². The summed E-state index contributed by atoms with van der Waals surface area (Å²) in [5.74, 6) is 0. The van der Waals surface area contributed by atoms with Gasteiger partial charge in [0.05, 0.1) is 5.48 Å². The van der Waals surface area contributed by atoms with Crippen molar-refractivity contribution in [2.45, 2.75) is 6.90 Å². The molecule has 0 atom stereocenters. The molecule has 1 aromatic carbocycles. The van der Waals surface area contributed by atoms with Crippen molar-refractivity contribution in [3.05, 3.63) is 29.7 Å². The molecule has 0 spiro atoms. The van der Waals surface area contributed by atoms with Crippen molar-refractivity contribution in [3.63, 3.8) is 0 Å². The zero-order chi connectivity index (χ0) is 11.7. The number of nitrogen functional groups attached to an aromatic ring is 1. The van der Waals surface area contributed by atoms with Crippen LogP contribution in [-0.4, -0.2) is 0 Å². The summed E-state index contributed by atoms with van der Waals surface area (Å²) in [6, 6.07) is -1.62. The minimum atomic E-state index is -0.455. The summed E-state index contributed by atoms with van der Waals surface area (Å²) in [7, 11) is 0. The van der Waals surface area contributed by atoms with Gasteiger partial charge in [-0.05, 0) is 19.0 Å². The number of rotatable bonds is 1. The SMILES string of the molecule is [2H]Cc1c([2H])c([2H])c(N([2H])[2H])c([2H])c1[2H]. The number of hydrogen-bond acceptors (Lipinski definition) is 1. The van der Waals surface area contributed by atoms with Gasteiger partial charge in [0.25, 0.3) is 0 Å². The van der Waals surface area contributed by atoms with Crippen LogP contribution in [0.5, 0.6) is 0 Å². The van der Waals surface area contributed by atoms with Crippen molar-refractivity contribution in [2.24, 2.45) is 0 Å². The molecule has 0 heterocycles. The van der Waals surface area contributed by atoms with E-state index >= 15 is 0 Å². The lowest BCUT2D eigenvalue weighted by Gasteiger charge is -1.90. The second kappa shape index (κ2) is 1.86. The molecular weight excluding hydrogens is 98.1 g/mol. The summed E-state index contributed by atoms with van der Waals surface area (Å²) in [4.78, 5) is 0. The van der Waals surface area contributed by atoms with E-state index in [0.29, 0.717) is 0 Å². The lowest BCUT2D eigenvalue weighted by atomic mass is 10.2. The monoisotopic (exact) mass is 114 g/mol. The van der Waals surface area contributed by atoms with Gasteiger partial charge in [-0.1, -0.05) is 17.6 Å². The molecule has 1 aromatic rings. The van der Waals surface area contributed by atoms with E-state index in [0.717, 1.165) is 0 Å². The van der Waals surface area contributed by atoms with Crippen LogP contribution in [-0.2, 0) is 0 Å². The molecule has 0 saturated carbocycles. The molecular formula is C7H9N. The highest BCUT2D eigenvalue weighted by molar-refractivity contribution is 5.38. The molecule has 0 saturated heterocycles. The predicted molar refractivity (Wildman–Crippen MR) is 35.6 cm³/mol. The third-order valence-corrected chi connectivity index (χ3v) is 0.664. The first-order valence-electron chi connectivity index (χ1n) is 5.68. The Hall–Kier alpha value is -0.980. The van der Waals surface area contributed by atoms with Gasteiger partial charge >= 0.3 is 0 Å². The van der Waals surface area contributed by atoms with Gasteiger partial charge in [-0.2, -0.15) is 0 Å². The topological polar surface area (TPSA) is 26.0 Å². The maximum Gasteiger partial charge on any atom is 0.156 e. The van der Waals surface area contributed by atoms with Crippen molar-refractivity contribution in [1.29, 1.82) is 0 Å². The molecule has 0 aliphatic rings. The Morgan fingerprint density at radius 2 is 2.38 bits per heavy atom. The van der Waals surface area contributed by atoms with E-state index in [9.17, 15) is 0 Å². The maximum atomic E-state index is 7.46. The summed E-state index contributed by atoms with van der Waals surface area (Å²) >= 11 is 0. The van der Waals surface area contributed by atoms with Gasteiger partial charge in [-0.3, -0.25) is 0 Å². The van der Waals surface area contributed by atoms with Crippen LogP contribution in [0.2, 0.25) is 2.82 Å². The Balaban J connectivity index is 3.59. The molecule has 8 heavy (non-hydrogen) atoms. The quantitative estimate of drug-likeness (QED) is 0.551. The van der Waals surface area contributed by atoms with E-state index in [1.54, 1.807) is 0 Å². The maximum absolute atomic E-state index is 7.46. The highest BCUT2D eigenvalue weighted by atomic mass is 14.5. The molecule has 1 nitrogen and oxygen atoms in total. The molecule has 0 bridgehead atoms. The first kappa shape index (κ1) is 1.29. The van der Waals surface area contributed by atoms with E-state index in [-0.39, 0.29) is 30.3 Å². The van der Waals surface area contributed by atoms with Gasteiger partial charge in [-0.25, -0.2) is 0 Å². The minimum Gasteiger partial charge on any atom is -0.399 e. The van der Waals surface area contributed by atoms with Crippen molar-refractivity contribution in [3.8, 4) is 0 Å². The molecule has 0 aliphatic carbocycles. The highest BCUT2D eigenvalue weighted by Crippen LogP contribution is 2.02. The second-order valence-electron chi connectivity index (χ2n) is 1.33. The molecule has 0 amide bonds. The largest absolute Gasteiger partial charge is 0.399 e. The van der Waals surface area contributed by atoms with Gasteiger partial charge in [0.1, 0.15) is 0 Å². The average molecular weight is 114 g/mol. The summed E-state index contributed by atoms with van der Waals surface area (Å²) in [6.07, 6.45) is 0. The van der Waals surface area contributed by atoms with Crippen LogP contribution < -0.4 is 5.72 Å². The Morgan fingerprint density at radius 3 is 2.88 bits per heavy atom. The minimum absolute atomic E-state index is 0.0180. The number of nitrogens with two attached hydrogens (primary N) is 1. The van der Waals surface area contributed by atoms with Gasteiger partial charge in [0.15, 0.2) is 2.82 Å². The number of benzene rings is 1. The third-order valence-electron chi connectivity index (χ3n) is 0.664. The number of anilines is 1.